The molecule has 1 saturated heterocycles. The summed E-state index contributed by atoms with van der Waals surface area (Å²) >= 11 is 0. The van der Waals surface area contributed by atoms with Crippen LogP contribution in [0.1, 0.15) is 11.1 Å². The van der Waals surface area contributed by atoms with Crippen LogP contribution in [-0.2, 0) is 15.8 Å². The highest BCUT2D eigenvalue weighted by molar-refractivity contribution is 7.89. The molecule has 34 heavy (non-hydrogen) atoms. The van der Waals surface area contributed by atoms with Crippen LogP contribution >= 0.6 is 0 Å². The van der Waals surface area contributed by atoms with Gasteiger partial charge in [-0.3, -0.25) is 5.01 Å². The molecule has 5 rings (SSSR count). The number of piperazine rings is 1. The maximum atomic E-state index is 13.9. The zero-order valence-corrected chi connectivity index (χ0v) is 20.0. The molecule has 4 aromatic rings. The number of nitrogens with zero attached hydrogens (tertiary/aromatic N) is 4. The lowest BCUT2D eigenvalue weighted by molar-refractivity contribution is 0.159. The highest BCUT2D eigenvalue weighted by Crippen LogP contribution is 2.35. The summed E-state index contributed by atoms with van der Waals surface area (Å²) in [5.74, 6) is -0.0820. The number of benzene rings is 3. The molecule has 0 radical (unpaired) electrons. The van der Waals surface area contributed by atoms with E-state index in [0.29, 0.717) is 11.2 Å². The van der Waals surface area contributed by atoms with E-state index in [9.17, 15) is 8.42 Å². The standard InChI is InChI=1S/C27H28N4O2S/c1-29-16-18-30(19-17-29)28-20-25-24-14-8-9-15-26(24)31(27(25)23-12-6-3-7-13-23)34(32,33)21-22-10-4-2-5-11-22/h2-15,20H,16-19,21H2,1H3/b28-20+. The molecule has 3 aromatic carbocycles. The van der Waals surface area contributed by atoms with Crippen LogP contribution < -0.4 is 0 Å². The molecule has 7 heteroatoms. The largest absolute Gasteiger partial charge is 0.303 e. The number of hydrogen-bond acceptors (Lipinski definition) is 5. The predicted molar refractivity (Wildman–Crippen MR) is 139 cm³/mol. The first-order chi connectivity index (χ1) is 16.5. The first-order valence-corrected chi connectivity index (χ1v) is 13.1. The maximum absolute atomic E-state index is 13.9. The Morgan fingerprint density at radius 3 is 2.15 bits per heavy atom. The van der Waals surface area contributed by atoms with Crippen molar-refractivity contribution in [1.82, 2.24) is 13.9 Å². The topological polar surface area (TPSA) is 57.9 Å². The number of rotatable bonds is 6. The minimum atomic E-state index is -3.71. The van der Waals surface area contributed by atoms with Crippen LogP contribution in [0.5, 0.6) is 0 Å². The number of hydrazone groups is 1. The van der Waals surface area contributed by atoms with Gasteiger partial charge in [0.25, 0.3) is 0 Å². The molecule has 0 aliphatic carbocycles. The summed E-state index contributed by atoms with van der Waals surface area (Å²) in [4.78, 5) is 2.28. The zero-order valence-electron chi connectivity index (χ0n) is 19.2. The molecular formula is C27H28N4O2S. The summed E-state index contributed by atoms with van der Waals surface area (Å²) in [7, 11) is -1.60. The summed E-state index contributed by atoms with van der Waals surface area (Å²) in [6.07, 6.45) is 1.84. The lowest BCUT2D eigenvalue weighted by Crippen LogP contribution is -2.41. The minimum Gasteiger partial charge on any atom is -0.303 e. The van der Waals surface area contributed by atoms with Crippen molar-refractivity contribution in [2.75, 3.05) is 33.2 Å². The van der Waals surface area contributed by atoms with Crippen molar-refractivity contribution >= 4 is 27.1 Å². The van der Waals surface area contributed by atoms with Gasteiger partial charge < -0.3 is 4.90 Å². The van der Waals surface area contributed by atoms with Gasteiger partial charge in [-0.05, 0) is 24.2 Å². The third-order valence-electron chi connectivity index (χ3n) is 6.22. The molecule has 0 atom stereocenters. The highest BCUT2D eigenvalue weighted by Gasteiger charge is 2.26. The van der Waals surface area contributed by atoms with E-state index in [1.807, 2.05) is 91.1 Å². The van der Waals surface area contributed by atoms with Crippen molar-refractivity contribution < 1.29 is 8.42 Å². The van der Waals surface area contributed by atoms with Crippen LogP contribution in [0.4, 0.5) is 0 Å². The van der Waals surface area contributed by atoms with Gasteiger partial charge >= 0.3 is 0 Å². The van der Waals surface area contributed by atoms with Gasteiger partial charge in [0.1, 0.15) is 0 Å². The Kier molecular flexibility index (Phi) is 6.22. The Labute approximate surface area is 200 Å². The molecule has 0 saturated carbocycles. The van der Waals surface area contributed by atoms with E-state index in [1.165, 1.54) is 3.97 Å². The minimum absolute atomic E-state index is 0.0820. The Balaban J connectivity index is 1.69. The molecule has 1 aliphatic heterocycles. The van der Waals surface area contributed by atoms with E-state index in [0.717, 1.165) is 48.3 Å². The van der Waals surface area contributed by atoms with Crippen molar-refractivity contribution in [3.63, 3.8) is 0 Å². The average Bonchev–Trinajstić information content (AvgIpc) is 3.20. The molecule has 0 spiro atoms. The predicted octanol–water partition coefficient (Wildman–Crippen LogP) is 4.27. The van der Waals surface area contributed by atoms with Crippen LogP contribution in [0.15, 0.2) is 90.0 Å². The molecule has 1 fully saturated rings. The first kappa shape index (κ1) is 22.4. The van der Waals surface area contributed by atoms with Crippen molar-refractivity contribution in [3.05, 3.63) is 96.1 Å². The van der Waals surface area contributed by atoms with E-state index in [-0.39, 0.29) is 5.75 Å². The van der Waals surface area contributed by atoms with Gasteiger partial charge in [-0.25, -0.2) is 12.4 Å². The average molecular weight is 473 g/mol. The van der Waals surface area contributed by atoms with Gasteiger partial charge in [0.2, 0.25) is 10.0 Å². The normalized spacial score (nSPS) is 15.4. The van der Waals surface area contributed by atoms with Crippen molar-refractivity contribution in [2.45, 2.75) is 5.75 Å². The van der Waals surface area contributed by atoms with Gasteiger partial charge in [0, 0.05) is 37.1 Å². The maximum Gasteiger partial charge on any atom is 0.243 e. The van der Waals surface area contributed by atoms with Gasteiger partial charge in [0.15, 0.2) is 0 Å². The fourth-order valence-corrected chi connectivity index (χ4v) is 6.11. The smallest absolute Gasteiger partial charge is 0.243 e. The van der Waals surface area contributed by atoms with Gasteiger partial charge in [0.05, 0.1) is 23.2 Å². The second kappa shape index (κ2) is 9.44. The molecule has 0 unspecified atom stereocenters. The fourth-order valence-electron chi connectivity index (χ4n) is 4.42. The zero-order chi connectivity index (χ0) is 23.5. The fraction of sp³-hybridized carbons (Fsp3) is 0.222. The Morgan fingerprint density at radius 2 is 1.44 bits per heavy atom. The molecule has 2 heterocycles. The summed E-state index contributed by atoms with van der Waals surface area (Å²) in [6, 6.07) is 26.7. The SMILES string of the molecule is CN1CCN(/N=C/c2c(-c3ccccc3)n(S(=O)(=O)Cc3ccccc3)c3ccccc23)CC1. The number of para-hydroxylation sites is 1. The molecular weight excluding hydrogens is 444 g/mol. The van der Waals surface area contributed by atoms with Crippen LogP contribution in [0.3, 0.4) is 0 Å². The quantitative estimate of drug-likeness (QED) is 0.393. The van der Waals surface area contributed by atoms with Gasteiger partial charge in [-0.15, -0.1) is 0 Å². The number of fused-ring (bicyclic) bond motifs is 1. The Hall–Kier alpha value is -3.42. The number of hydrogen-bond donors (Lipinski definition) is 0. The molecule has 0 N–H and O–H groups in total. The highest BCUT2D eigenvalue weighted by atomic mass is 32.2. The monoisotopic (exact) mass is 472 g/mol. The molecule has 1 aromatic heterocycles. The number of aromatic nitrogens is 1. The second-order valence-electron chi connectivity index (χ2n) is 8.65. The van der Waals surface area contributed by atoms with Crippen molar-refractivity contribution in [1.29, 1.82) is 0 Å². The van der Waals surface area contributed by atoms with Gasteiger partial charge in [-0.1, -0.05) is 78.9 Å². The van der Waals surface area contributed by atoms with Crippen LogP contribution in [0.25, 0.3) is 22.2 Å². The second-order valence-corrected chi connectivity index (χ2v) is 10.5. The van der Waals surface area contributed by atoms with E-state index in [4.69, 9.17) is 5.10 Å². The summed E-state index contributed by atoms with van der Waals surface area (Å²) in [6.45, 7) is 3.60. The van der Waals surface area contributed by atoms with Crippen molar-refractivity contribution in [3.8, 4) is 11.3 Å². The Bertz CT molecular complexity index is 1410. The summed E-state index contributed by atoms with van der Waals surface area (Å²) in [5, 5.41) is 7.70. The van der Waals surface area contributed by atoms with E-state index in [2.05, 4.69) is 17.0 Å². The third-order valence-corrected chi connectivity index (χ3v) is 7.85. The Morgan fingerprint density at radius 1 is 0.824 bits per heavy atom. The lowest BCUT2D eigenvalue weighted by atomic mass is 10.1. The number of likely N-dealkylation sites (N-methyl/N-ethyl adjacent to an activating group) is 1. The molecule has 6 nitrogen and oxygen atoms in total. The first-order valence-electron chi connectivity index (χ1n) is 11.5. The third kappa shape index (κ3) is 4.49. The summed E-state index contributed by atoms with van der Waals surface area (Å²) in [5.41, 5.74) is 3.73. The van der Waals surface area contributed by atoms with E-state index in [1.54, 1.807) is 0 Å². The van der Waals surface area contributed by atoms with Crippen LogP contribution in [0.2, 0.25) is 0 Å². The van der Waals surface area contributed by atoms with Crippen LogP contribution in [0, 0.1) is 0 Å². The molecule has 174 valence electrons. The van der Waals surface area contributed by atoms with E-state index >= 15 is 0 Å². The molecule has 0 amide bonds. The summed E-state index contributed by atoms with van der Waals surface area (Å²) < 4.78 is 29.2. The van der Waals surface area contributed by atoms with Gasteiger partial charge in [-0.2, -0.15) is 5.10 Å². The van der Waals surface area contributed by atoms with E-state index < -0.39 is 10.0 Å². The van der Waals surface area contributed by atoms with Crippen LogP contribution in [-0.4, -0.2) is 61.7 Å². The lowest BCUT2D eigenvalue weighted by Gasteiger charge is -2.30. The molecule has 0 bridgehead atoms. The molecule has 1 aliphatic rings. The van der Waals surface area contributed by atoms with Crippen molar-refractivity contribution in [2.24, 2.45) is 5.10 Å².